The summed E-state index contributed by atoms with van der Waals surface area (Å²) in [6, 6.07) is 87.3. The Balaban J connectivity index is 0.973. The Morgan fingerprint density at radius 1 is 0.231 bits per heavy atom. The number of hydrogen-bond donors (Lipinski definition) is 0. The van der Waals surface area contributed by atoms with Gasteiger partial charge in [0, 0.05) is 16.5 Å². The SMILES string of the molecule is Cc1cccc(-c2ccc3c(-c4ccc(-c5ccc(-c6ccc7c(c6)c6ccccc6n7-c6ccccc6)cc5)cc4)c4cc(-c5cccc(C)c5)ccc4c(-c4ccccc4)c3c2)c1. The summed E-state index contributed by atoms with van der Waals surface area (Å²) in [7, 11) is 0. The minimum Gasteiger partial charge on any atom is -0.309 e. The minimum absolute atomic E-state index is 1.17. The molecule has 0 spiro atoms. The number of fused-ring (bicyclic) bond motifs is 5. The Bertz CT molecular complexity index is 3740. The Morgan fingerprint density at radius 3 is 1.18 bits per heavy atom. The first-order valence-electron chi connectivity index (χ1n) is 22.6. The van der Waals surface area contributed by atoms with E-state index in [1.165, 1.54) is 127 Å². The summed E-state index contributed by atoms with van der Waals surface area (Å²) in [6.45, 7) is 4.34. The first kappa shape index (κ1) is 38.4. The third-order valence-electron chi connectivity index (χ3n) is 13.3. The molecule has 1 heterocycles. The molecule has 1 heteroatoms. The van der Waals surface area contributed by atoms with Crippen LogP contribution in [-0.4, -0.2) is 4.57 Å². The van der Waals surface area contributed by atoms with Gasteiger partial charge in [-0.25, -0.2) is 0 Å². The summed E-state index contributed by atoms with van der Waals surface area (Å²) in [4.78, 5) is 0. The predicted octanol–water partition coefficient (Wildman–Crippen LogP) is 17.7. The lowest BCUT2D eigenvalue weighted by Crippen LogP contribution is -1.93. The zero-order valence-corrected chi connectivity index (χ0v) is 36.5. The molecule has 12 rings (SSSR count). The van der Waals surface area contributed by atoms with Gasteiger partial charge in [0.2, 0.25) is 0 Å². The summed E-state index contributed by atoms with van der Waals surface area (Å²) < 4.78 is 2.37. The molecule has 65 heavy (non-hydrogen) atoms. The fourth-order valence-corrected chi connectivity index (χ4v) is 10.2. The van der Waals surface area contributed by atoms with E-state index in [0.29, 0.717) is 0 Å². The number of hydrogen-bond acceptors (Lipinski definition) is 0. The van der Waals surface area contributed by atoms with E-state index in [1.807, 2.05) is 0 Å². The maximum absolute atomic E-state index is 2.42. The highest BCUT2D eigenvalue weighted by Crippen LogP contribution is 2.46. The van der Waals surface area contributed by atoms with Gasteiger partial charge in [-0.2, -0.15) is 0 Å². The van der Waals surface area contributed by atoms with Gasteiger partial charge in [0.15, 0.2) is 0 Å². The van der Waals surface area contributed by atoms with E-state index in [2.05, 4.69) is 255 Å². The summed E-state index contributed by atoms with van der Waals surface area (Å²) in [5.74, 6) is 0. The largest absolute Gasteiger partial charge is 0.309 e. The van der Waals surface area contributed by atoms with Crippen molar-refractivity contribution in [1.29, 1.82) is 0 Å². The molecular weight excluding hydrogens is 783 g/mol. The van der Waals surface area contributed by atoms with Crippen LogP contribution in [0.25, 0.3) is 116 Å². The zero-order chi connectivity index (χ0) is 43.4. The zero-order valence-electron chi connectivity index (χ0n) is 36.5. The second kappa shape index (κ2) is 15.8. The second-order valence-electron chi connectivity index (χ2n) is 17.5. The van der Waals surface area contributed by atoms with Crippen LogP contribution < -0.4 is 0 Å². The molecule has 0 amide bonds. The second-order valence-corrected chi connectivity index (χ2v) is 17.5. The van der Waals surface area contributed by atoms with Crippen molar-refractivity contribution < 1.29 is 0 Å². The van der Waals surface area contributed by atoms with Crippen LogP contribution in [0.2, 0.25) is 0 Å². The molecule has 0 fully saturated rings. The normalized spacial score (nSPS) is 11.5. The van der Waals surface area contributed by atoms with Crippen LogP contribution in [0.3, 0.4) is 0 Å². The highest BCUT2D eigenvalue weighted by molar-refractivity contribution is 6.22. The molecule has 0 saturated heterocycles. The quantitative estimate of drug-likeness (QED) is 0.141. The van der Waals surface area contributed by atoms with E-state index in [4.69, 9.17) is 0 Å². The summed E-state index contributed by atoms with van der Waals surface area (Å²) in [6.07, 6.45) is 0. The monoisotopic (exact) mass is 827 g/mol. The molecule has 0 saturated carbocycles. The van der Waals surface area contributed by atoms with E-state index in [0.717, 1.165) is 0 Å². The summed E-state index contributed by atoms with van der Waals surface area (Å²) in [5.41, 5.74) is 20.8. The molecule has 0 bridgehead atoms. The lowest BCUT2D eigenvalue weighted by atomic mass is 9.83. The van der Waals surface area contributed by atoms with Gasteiger partial charge in [-0.05, 0) is 145 Å². The van der Waals surface area contributed by atoms with Gasteiger partial charge in [0.25, 0.3) is 0 Å². The topological polar surface area (TPSA) is 4.93 Å². The average molecular weight is 828 g/mol. The highest BCUT2D eigenvalue weighted by atomic mass is 15.0. The van der Waals surface area contributed by atoms with Crippen molar-refractivity contribution in [2.24, 2.45) is 0 Å². The smallest absolute Gasteiger partial charge is 0.0541 e. The Morgan fingerprint density at radius 2 is 0.615 bits per heavy atom. The first-order chi connectivity index (χ1) is 32.0. The molecule has 0 radical (unpaired) electrons. The lowest BCUT2D eigenvalue weighted by molar-refractivity contribution is 1.18. The van der Waals surface area contributed by atoms with Gasteiger partial charge in [-0.1, -0.05) is 205 Å². The molecule has 306 valence electrons. The molecule has 0 unspecified atom stereocenters. The number of benzene rings is 11. The summed E-state index contributed by atoms with van der Waals surface area (Å²) >= 11 is 0. The maximum Gasteiger partial charge on any atom is 0.0541 e. The third kappa shape index (κ3) is 6.81. The maximum atomic E-state index is 2.42. The van der Waals surface area contributed by atoms with Crippen molar-refractivity contribution in [3.8, 4) is 72.4 Å². The standard InChI is InChI=1S/C64H45N/c1-42-13-11-17-49(37-42)52-32-35-57-59(40-52)63(47-15-5-3-6-16-47)56-34-31-53(50-18-12-14-43(2)38-50)41-60(56)64(57)48-29-27-45(28-30-48)44-23-25-46(26-24-44)51-33-36-62-58(39-51)55-21-9-10-22-61(55)65(62)54-19-7-4-8-20-54/h3-41H,1-2H3. The minimum atomic E-state index is 1.17. The van der Waals surface area contributed by atoms with Crippen LogP contribution in [0, 0.1) is 13.8 Å². The van der Waals surface area contributed by atoms with Gasteiger partial charge in [0.05, 0.1) is 11.0 Å². The van der Waals surface area contributed by atoms with Gasteiger partial charge < -0.3 is 4.57 Å². The fraction of sp³-hybridized carbons (Fsp3) is 0.0312. The Hall–Kier alpha value is -8.26. The van der Waals surface area contributed by atoms with E-state index in [1.54, 1.807) is 0 Å². The Kier molecular flexibility index (Phi) is 9.35. The van der Waals surface area contributed by atoms with Crippen LogP contribution in [0.4, 0.5) is 0 Å². The molecule has 1 aromatic heterocycles. The Labute approximate surface area is 380 Å². The van der Waals surface area contributed by atoms with Gasteiger partial charge in [0.1, 0.15) is 0 Å². The number of aryl methyl sites for hydroxylation is 2. The molecule has 0 atom stereocenters. The fourth-order valence-electron chi connectivity index (χ4n) is 10.2. The molecule has 11 aromatic carbocycles. The van der Waals surface area contributed by atoms with E-state index in [9.17, 15) is 0 Å². The van der Waals surface area contributed by atoms with Crippen LogP contribution in [0.5, 0.6) is 0 Å². The first-order valence-corrected chi connectivity index (χ1v) is 22.6. The van der Waals surface area contributed by atoms with E-state index < -0.39 is 0 Å². The van der Waals surface area contributed by atoms with Crippen LogP contribution in [-0.2, 0) is 0 Å². The van der Waals surface area contributed by atoms with E-state index >= 15 is 0 Å². The van der Waals surface area contributed by atoms with Gasteiger partial charge >= 0.3 is 0 Å². The molecule has 1 nitrogen and oxygen atoms in total. The van der Waals surface area contributed by atoms with Gasteiger partial charge in [-0.15, -0.1) is 0 Å². The lowest BCUT2D eigenvalue weighted by Gasteiger charge is -2.20. The number of aromatic nitrogens is 1. The van der Waals surface area contributed by atoms with Crippen molar-refractivity contribution in [2.75, 3.05) is 0 Å². The van der Waals surface area contributed by atoms with Crippen molar-refractivity contribution in [3.05, 3.63) is 248 Å². The molecule has 12 aromatic rings. The van der Waals surface area contributed by atoms with Crippen LogP contribution in [0.15, 0.2) is 237 Å². The number of para-hydroxylation sites is 2. The van der Waals surface area contributed by atoms with Crippen LogP contribution >= 0.6 is 0 Å². The van der Waals surface area contributed by atoms with E-state index in [-0.39, 0.29) is 0 Å². The highest BCUT2D eigenvalue weighted by Gasteiger charge is 2.19. The van der Waals surface area contributed by atoms with Crippen LogP contribution in [0.1, 0.15) is 11.1 Å². The predicted molar refractivity (Wildman–Crippen MR) is 278 cm³/mol. The summed E-state index contributed by atoms with van der Waals surface area (Å²) in [5, 5.41) is 7.52. The van der Waals surface area contributed by atoms with Gasteiger partial charge in [-0.3, -0.25) is 0 Å². The molecular formula is C64H45N. The molecule has 0 aliphatic rings. The number of rotatable bonds is 7. The van der Waals surface area contributed by atoms with Crippen molar-refractivity contribution in [1.82, 2.24) is 4.57 Å². The van der Waals surface area contributed by atoms with Crippen molar-refractivity contribution in [3.63, 3.8) is 0 Å². The van der Waals surface area contributed by atoms with Crippen molar-refractivity contribution >= 4 is 43.4 Å². The molecule has 0 aliphatic carbocycles. The average Bonchev–Trinajstić information content (AvgIpc) is 3.69. The molecule has 0 N–H and O–H groups in total. The molecule has 0 aliphatic heterocycles. The third-order valence-corrected chi connectivity index (χ3v) is 13.3. The van der Waals surface area contributed by atoms with Crippen molar-refractivity contribution in [2.45, 2.75) is 13.8 Å². The number of nitrogens with zero attached hydrogens (tertiary/aromatic N) is 1.